The molecule has 4 atom stereocenters. The first-order chi connectivity index (χ1) is 41.3. The van der Waals surface area contributed by atoms with E-state index in [0.717, 1.165) is 31.5 Å². The van der Waals surface area contributed by atoms with Crippen LogP contribution in [0.25, 0.3) is 0 Å². The van der Waals surface area contributed by atoms with Crippen LogP contribution in [0.2, 0.25) is 0 Å². The summed E-state index contributed by atoms with van der Waals surface area (Å²) in [5.74, 6) is 0.322. The summed E-state index contributed by atoms with van der Waals surface area (Å²) in [7, 11) is 1.22. The number of hydrogen-bond acceptors (Lipinski definition) is 28. The number of carbonyl (C=O) groups is 8. The molecule has 28 nitrogen and oxygen atoms in total. The van der Waals surface area contributed by atoms with Crippen molar-refractivity contribution in [1.29, 1.82) is 0 Å². The van der Waals surface area contributed by atoms with E-state index in [9.17, 15) is 38.4 Å². The van der Waals surface area contributed by atoms with E-state index in [0.29, 0.717) is 39.0 Å². The van der Waals surface area contributed by atoms with E-state index in [1.807, 2.05) is 81.7 Å². The molecule has 1 aromatic rings. The topological polar surface area (TPSA) is 309 Å². The van der Waals surface area contributed by atoms with Gasteiger partial charge in [-0.3, -0.25) is 9.80 Å². The van der Waals surface area contributed by atoms with Crippen molar-refractivity contribution in [2.45, 2.75) is 119 Å². The minimum Gasteiger partial charge on any atom is -0.438 e. The summed E-state index contributed by atoms with van der Waals surface area (Å²) in [6.07, 6.45) is -4.62. The minimum atomic E-state index is -0.755. The fourth-order valence-corrected chi connectivity index (χ4v) is 5.33. The zero-order valence-electron chi connectivity index (χ0n) is 50.5. The average molecular weight is 1420 g/mol. The van der Waals surface area contributed by atoms with E-state index in [1.165, 1.54) is 7.11 Å². The van der Waals surface area contributed by atoms with Crippen molar-refractivity contribution < 1.29 is 124 Å². The Labute approximate surface area is 548 Å². The first-order valence-electron chi connectivity index (χ1n) is 25.9. The molecule has 2 saturated heterocycles. The fraction of sp³-hybridized carbons (Fsp3) is 0.725. The molecule has 0 radical (unpaired) electrons. The molecule has 0 N–H and O–H groups in total. The Morgan fingerprint density at radius 3 is 1.18 bits per heavy atom. The lowest BCUT2D eigenvalue weighted by Gasteiger charge is -2.37. The number of halogens is 8. The van der Waals surface area contributed by atoms with E-state index < -0.39 is 49.2 Å². The molecule has 2 heterocycles. The van der Waals surface area contributed by atoms with Crippen LogP contribution >= 0.6 is 92.8 Å². The fourth-order valence-electron chi connectivity index (χ4n) is 4.61. The largest absolute Gasteiger partial charge is 0.510 e. The molecule has 2 aliphatic heterocycles. The Bertz CT molecular complexity index is 1820. The number of rotatable bonds is 21. The van der Waals surface area contributed by atoms with Crippen LogP contribution in [0.1, 0.15) is 87.6 Å². The molecule has 87 heavy (non-hydrogen) atoms. The van der Waals surface area contributed by atoms with E-state index in [-0.39, 0.29) is 99.0 Å². The van der Waals surface area contributed by atoms with Gasteiger partial charge in [0.15, 0.2) is 48.5 Å². The van der Waals surface area contributed by atoms with Crippen LogP contribution in [-0.2, 0) is 91.9 Å². The predicted molar refractivity (Wildman–Crippen MR) is 320 cm³/mol. The molecule has 3 rings (SSSR count). The lowest BCUT2D eigenvalue weighted by atomic mass is 10.2. The maximum Gasteiger partial charge on any atom is 0.510 e. The number of benzene rings is 1. The average Bonchev–Trinajstić information content (AvgIpc) is 3.63. The highest BCUT2D eigenvalue weighted by molar-refractivity contribution is 6.19. The molecular weight excluding hydrogens is 1340 g/mol. The molecule has 2 aliphatic rings. The first kappa shape index (κ1) is 91.3. The van der Waals surface area contributed by atoms with Crippen LogP contribution in [-0.4, -0.2) is 205 Å². The normalized spacial score (nSPS) is 14.4. The van der Waals surface area contributed by atoms with Crippen molar-refractivity contribution >= 4 is 142 Å². The van der Waals surface area contributed by atoms with E-state index in [2.05, 4.69) is 52.1 Å². The van der Waals surface area contributed by atoms with Crippen molar-refractivity contribution in [2.24, 2.45) is 5.92 Å². The third-order valence-electron chi connectivity index (χ3n) is 9.01. The van der Waals surface area contributed by atoms with Crippen molar-refractivity contribution in [1.82, 2.24) is 9.80 Å². The lowest BCUT2D eigenvalue weighted by molar-refractivity contribution is -0.0828. The second-order valence-corrected chi connectivity index (χ2v) is 18.3. The van der Waals surface area contributed by atoms with Gasteiger partial charge in [0.2, 0.25) is 0 Å². The summed E-state index contributed by atoms with van der Waals surface area (Å²) in [4.78, 5) is 87.9. The molecule has 2 fully saturated rings. The van der Waals surface area contributed by atoms with Gasteiger partial charge >= 0.3 is 49.2 Å². The number of methoxy groups -OCH3 is 1. The Hall–Kier alpha value is -4.46. The Kier molecular flexibility index (Phi) is 69.2. The van der Waals surface area contributed by atoms with Crippen LogP contribution in [0.3, 0.4) is 0 Å². The first-order valence-corrected chi connectivity index (χ1v) is 30.2. The third-order valence-corrected chi connectivity index (χ3v) is 9.88. The summed E-state index contributed by atoms with van der Waals surface area (Å²) in [6.45, 7) is 24.0. The highest BCUT2D eigenvalue weighted by atomic mass is 35.5. The van der Waals surface area contributed by atoms with Gasteiger partial charge in [-0.25, -0.2) is 38.4 Å². The van der Waals surface area contributed by atoms with E-state index >= 15 is 0 Å². The standard InChI is InChI=1S/C9H16ClNO4.C9H9ClO3.C7H12ClNO4.3C6H11ClO3.C5H9ClO3.C3H5ClO3/c1-7-3-13-4-8(2)11(7)6-15-9(12)14-5-10;10-7-13-9(11)12-6-8-4-2-1-3-5-8;8-5-12-7(10)13-6-9-1-3-11-4-2-9;1-5(2)3-9-6(8)10-4-7;2*1-3-5(2)10-6(8)9-4-7;1-4(2)9-5(7)8-3-6;1-6-3(5)7-2-4/h7-8H,3-6H2,1-2H3;1-5H,6-7H2;1-6H2;3*5H,3-4H2,1-2H3;4H,3H2,1-2H3;2H2,1H3/t7-,8+;;;;2*5-;;/m....10../s1. The highest BCUT2D eigenvalue weighted by Gasteiger charge is 2.26. The van der Waals surface area contributed by atoms with Gasteiger partial charge in [0, 0.05) is 25.2 Å². The molecule has 0 aliphatic carbocycles. The number of hydrogen-bond donors (Lipinski definition) is 0. The summed E-state index contributed by atoms with van der Waals surface area (Å²) in [5.41, 5.74) is 0.911. The quantitative estimate of drug-likeness (QED) is 0.0627. The molecule has 0 amide bonds. The maximum atomic E-state index is 10.9. The smallest absolute Gasteiger partial charge is 0.438 e. The van der Waals surface area contributed by atoms with Crippen LogP contribution in [0.5, 0.6) is 0 Å². The van der Waals surface area contributed by atoms with Crippen molar-refractivity contribution in [3.05, 3.63) is 35.9 Å². The Morgan fingerprint density at radius 2 is 0.828 bits per heavy atom. The zero-order valence-corrected chi connectivity index (χ0v) is 56.6. The SMILES string of the molecule is CC(C)COC(=O)OCCl.CC(C)OC(=O)OCCl.CC[C@@H](C)OC(=O)OCCl.CC[C@H](C)OC(=O)OCCl.COC(=O)OCCl.C[C@@H]1COC[C@H](C)N1COC(=O)OCCl.O=C(OCCl)OCN1CCOCC1.O=C(OCCl)OCc1ccccc1. The molecular formula is C51H84Cl8N2O26. The summed E-state index contributed by atoms with van der Waals surface area (Å²) in [5, 5.41) is 0. The van der Waals surface area contributed by atoms with Gasteiger partial charge in [0.05, 0.1) is 46.2 Å². The molecule has 1 aromatic carbocycles. The van der Waals surface area contributed by atoms with Crippen LogP contribution in [0.4, 0.5) is 38.4 Å². The van der Waals surface area contributed by atoms with Gasteiger partial charge in [-0.15, -0.1) is 0 Å². The van der Waals surface area contributed by atoms with Crippen LogP contribution < -0.4 is 0 Å². The number of alkyl halides is 8. The second kappa shape index (κ2) is 66.0. The molecule has 0 aromatic heterocycles. The molecule has 510 valence electrons. The van der Waals surface area contributed by atoms with Gasteiger partial charge in [-0.2, -0.15) is 0 Å². The number of morpholine rings is 2. The van der Waals surface area contributed by atoms with Gasteiger partial charge in [-0.05, 0) is 65.9 Å². The van der Waals surface area contributed by atoms with Crippen LogP contribution in [0.15, 0.2) is 30.3 Å². The molecule has 36 heteroatoms. The highest BCUT2D eigenvalue weighted by Crippen LogP contribution is 2.13. The van der Waals surface area contributed by atoms with Crippen LogP contribution in [0, 0.1) is 5.92 Å². The number of carbonyl (C=O) groups excluding carboxylic acids is 8. The van der Waals surface area contributed by atoms with Gasteiger partial charge in [0.1, 0.15) is 32.3 Å². The number of ether oxygens (including phenoxy) is 18. The molecule has 0 unspecified atom stereocenters. The van der Waals surface area contributed by atoms with Crippen molar-refractivity contribution in [3.63, 3.8) is 0 Å². The number of nitrogens with zero attached hydrogens (tertiary/aromatic N) is 2. The monoisotopic (exact) mass is 1420 g/mol. The van der Waals surface area contributed by atoms with E-state index in [4.69, 9.17) is 126 Å². The Morgan fingerprint density at radius 1 is 0.471 bits per heavy atom. The van der Waals surface area contributed by atoms with Crippen molar-refractivity contribution in [3.8, 4) is 0 Å². The Balaban J connectivity index is -0.000000297. The summed E-state index contributed by atoms with van der Waals surface area (Å²) in [6, 6.07) is 8.46. The summed E-state index contributed by atoms with van der Waals surface area (Å²) >= 11 is 40.8. The maximum absolute atomic E-state index is 10.9. The van der Waals surface area contributed by atoms with Gasteiger partial charge < -0.3 is 85.3 Å². The molecule has 0 saturated carbocycles. The van der Waals surface area contributed by atoms with Gasteiger partial charge in [-0.1, -0.05) is 151 Å². The van der Waals surface area contributed by atoms with Crippen molar-refractivity contribution in [2.75, 3.05) is 115 Å². The van der Waals surface area contributed by atoms with E-state index in [1.54, 1.807) is 27.7 Å². The molecule has 0 spiro atoms. The minimum absolute atomic E-state index is 0.101. The zero-order chi connectivity index (χ0) is 67.2. The third kappa shape index (κ3) is 67.3. The molecule has 0 bridgehead atoms. The summed E-state index contributed by atoms with van der Waals surface area (Å²) < 4.78 is 81.9. The second-order valence-electron chi connectivity index (χ2n) is 16.6. The lowest BCUT2D eigenvalue weighted by Crippen LogP contribution is -2.50. The van der Waals surface area contributed by atoms with Gasteiger partial charge in [0.25, 0.3) is 0 Å². The predicted octanol–water partition coefficient (Wildman–Crippen LogP) is 13.5.